The topological polar surface area (TPSA) is 93.6 Å². The molecule has 1 aliphatic rings. The first-order valence-corrected chi connectivity index (χ1v) is 6.14. The van der Waals surface area contributed by atoms with Crippen LogP contribution in [0.5, 0.6) is 0 Å². The maximum Gasteiger partial charge on any atom is 0.161 e. The van der Waals surface area contributed by atoms with E-state index in [9.17, 15) is 14.6 Å². The number of halogens is 2. The van der Waals surface area contributed by atoms with Gasteiger partial charge in [0.05, 0.1) is 22.4 Å². The molecular weight excluding hydrogens is 305 g/mol. The van der Waals surface area contributed by atoms with E-state index in [0.717, 1.165) is 0 Å². The van der Waals surface area contributed by atoms with Gasteiger partial charge in [-0.2, -0.15) is 0 Å². The molecule has 2 unspecified atom stereocenters. The zero-order chi connectivity index (χ0) is 13.4. The number of nitrogens with two attached hydrogens (primary N) is 1. The Morgan fingerprint density at radius 2 is 1.94 bits per heavy atom. The van der Waals surface area contributed by atoms with E-state index in [1.807, 2.05) is 0 Å². The van der Waals surface area contributed by atoms with Crippen LogP contribution in [-0.4, -0.2) is 41.3 Å². The monoisotopic (exact) mass is 317 g/mol. The van der Waals surface area contributed by atoms with Crippen molar-refractivity contribution >= 4 is 27.5 Å². The lowest BCUT2D eigenvalue weighted by molar-refractivity contribution is 0.0572. The highest BCUT2D eigenvalue weighted by molar-refractivity contribution is 9.10. The molecule has 1 aromatic carbocycles. The van der Waals surface area contributed by atoms with E-state index in [4.69, 9.17) is 11.1 Å². The molecule has 1 saturated heterocycles. The lowest BCUT2D eigenvalue weighted by atomic mass is 10.1. The molecule has 5 N–H and O–H groups in total. The van der Waals surface area contributed by atoms with Crippen molar-refractivity contribution in [1.29, 1.82) is 5.41 Å². The Morgan fingerprint density at radius 3 is 2.44 bits per heavy atom. The molecule has 0 aliphatic carbocycles. The number of nitrogens with zero attached hydrogens (tertiary/aromatic N) is 1. The maximum atomic E-state index is 14.1. The summed E-state index contributed by atoms with van der Waals surface area (Å²) in [5, 5.41) is 26.2. The van der Waals surface area contributed by atoms with Crippen LogP contribution in [0.3, 0.4) is 0 Å². The number of benzene rings is 1. The van der Waals surface area contributed by atoms with Gasteiger partial charge < -0.3 is 20.8 Å². The van der Waals surface area contributed by atoms with Crippen molar-refractivity contribution in [3.05, 3.63) is 28.0 Å². The number of hydrogen-bond donors (Lipinski definition) is 4. The van der Waals surface area contributed by atoms with Gasteiger partial charge in [0.2, 0.25) is 0 Å². The number of aliphatic hydroxyl groups excluding tert-OH is 2. The molecule has 18 heavy (non-hydrogen) atoms. The van der Waals surface area contributed by atoms with Crippen molar-refractivity contribution in [2.45, 2.75) is 12.2 Å². The third-order valence-corrected chi connectivity index (χ3v) is 3.73. The summed E-state index contributed by atoms with van der Waals surface area (Å²) >= 11 is 3.06. The van der Waals surface area contributed by atoms with E-state index >= 15 is 0 Å². The largest absolute Gasteiger partial charge is 0.389 e. The summed E-state index contributed by atoms with van der Waals surface area (Å²) < 4.78 is 14.2. The highest BCUT2D eigenvalue weighted by Gasteiger charge is 2.31. The van der Waals surface area contributed by atoms with Gasteiger partial charge in [0.1, 0.15) is 5.84 Å². The van der Waals surface area contributed by atoms with Gasteiger partial charge in [0.15, 0.2) is 5.82 Å². The van der Waals surface area contributed by atoms with Gasteiger partial charge in [-0.05, 0) is 28.1 Å². The second-order valence-electron chi connectivity index (χ2n) is 4.21. The number of amidine groups is 1. The van der Waals surface area contributed by atoms with E-state index < -0.39 is 18.0 Å². The van der Waals surface area contributed by atoms with Crippen LogP contribution in [0, 0.1) is 11.2 Å². The molecular formula is C11H13BrFN3O2. The summed E-state index contributed by atoms with van der Waals surface area (Å²) in [5.41, 5.74) is 5.86. The van der Waals surface area contributed by atoms with Crippen LogP contribution in [0.25, 0.3) is 0 Å². The minimum Gasteiger partial charge on any atom is -0.389 e. The molecule has 1 heterocycles. The molecule has 7 heteroatoms. The van der Waals surface area contributed by atoms with Crippen molar-refractivity contribution in [3.63, 3.8) is 0 Å². The first-order chi connectivity index (χ1) is 8.41. The molecule has 0 bridgehead atoms. The van der Waals surface area contributed by atoms with Gasteiger partial charge in [0, 0.05) is 18.7 Å². The number of aliphatic hydroxyl groups is 2. The summed E-state index contributed by atoms with van der Waals surface area (Å²) in [7, 11) is 0. The quantitative estimate of drug-likeness (QED) is 0.469. The molecule has 0 aromatic heterocycles. The Kier molecular flexibility index (Phi) is 3.56. The molecule has 0 spiro atoms. The van der Waals surface area contributed by atoms with Crippen LogP contribution < -0.4 is 10.6 Å². The van der Waals surface area contributed by atoms with Crippen molar-refractivity contribution in [2.75, 3.05) is 18.0 Å². The first kappa shape index (κ1) is 13.3. The van der Waals surface area contributed by atoms with Crippen molar-refractivity contribution in [3.8, 4) is 0 Å². The minimum atomic E-state index is -0.879. The van der Waals surface area contributed by atoms with E-state index in [0.29, 0.717) is 0 Å². The molecule has 0 radical (unpaired) electrons. The number of nitrogen functional groups attached to an aromatic ring is 1. The lowest BCUT2D eigenvalue weighted by Gasteiger charge is -2.19. The molecule has 0 amide bonds. The third-order valence-electron chi connectivity index (χ3n) is 2.95. The molecule has 5 nitrogen and oxygen atoms in total. The molecule has 1 fully saturated rings. The summed E-state index contributed by atoms with van der Waals surface area (Å²) in [5.74, 6) is -0.780. The van der Waals surface area contributed by atoms with Gasteiger partial charge in [-0.15, -0.1) is 0 Å². The van der Waals surface area contributed by atoms with Crippen LogP contribution >= 0.6 is 15.9 Å². The Morgan fingerprint density at radius 1 is 1.39 bits per heavy atom. The fourth-order valence-corrected chi connectivity index (χ4v) is 2.51. The zero-order valence-electron chi connectivity index (χ0n) is 9.40. The lowest BCUT2D eigenvalue weighted by Crippen LogP contribution is -2.23. The minimum absolute atomic E-state index is 0.114. The van der Waals surface area contributed by atoms with Gasteiger partial charge in [-0.25, -0.2) is 4.39 Å². The molecule has 2 atom stereocenters. The Balaban J connectivity index is 2.36. The number of anilines is 1. The first-order valence-electron chi connectivity index (χ1n) is 5.35. The van der Waals surface area contributed by atoms with Crippen molar-refractivity contribution in [1.82, 2.24) is 0 Å². The predicted octanol–water partition coefficient (Wildman–Crippen LogP) is 0.414. The second kappa shape index (κ2) is 4.83. The Hall–Kier alpha value is -1.18. The zero-order valence-corrected chi connectivity index (χ0v) is 11.0. The highest BCUT2D eigenvalue weighted by atomic mass is 79.9. The molecule has 98 valence electrons. The van der Waals surface area contributed by atoms with Crippen LogP contribution in [-0.2, 0) is 0 Å². The SMILES string of the molecule is N=C(N)c1ccc(N2CC(O)C(O)C2)c(F)c1Br. The van der Waals surface area contributed by atoms with E-state index in [-0.39, 0.29) is 34.6 Å². The number of rotatable bonds is 2. The van der Waals surface area contributed by atoms with Crippen molar-refractivity contribution < 1.29 is 14.6 Å². The van der Waals surface area contributed by atoms with Gasteiger partial charge in [-0.1, -0.05) is 0 Å². The van der Waals surface area contributed by atoms with Crippen molar-refractivity contribution in [2.24, 2.45) is 5.73 Å². The third kappa shape index (κ3) is 2.21. The van der Waals surface area contributed by atoms with E-state index in [1.165, 1.54) is 12.1 Å². The molecule has 0 saturated carbocycles. The summed E-state index contributed by atoms with van der Waals surface area (Å²) in [6.07, 6.45) is -1.76. The van der Waals surface area contributed by atoms with E-state index in [1.54, 1.807) is 4.90 Å². The second-order valence-corrected chi connectivity index (χ2v) is 5.01. The van der Waals surface area contributed by atoms with Crippen LogP contribution in [0.2, 0.25) is 0 Å². The Labute approximate surface area is 112 Å². The smallest absolute Gasteiger partial charge is 0.161 e. The van der Waals surface area contributed by atoms with Gasteiger partial charge in [-0.3, -0.25) is 5.41 Å². The number of β-amino-alcohol motifs (C(OH)–C–C–N with tert-alkyl or cyclic N) is 2. The molecule has 1 aliphatic heterocycles. The summed E-state index contributed by atoms with van der Waals surface area (Å²) in [6, 6.07) is 3.02. The van der Waals surface area contributed by atoms with Gasteiger partial charge in [0.25, 0.3) is 0 Å². The van der Waals surface area contributed by atoms with E-state index in [2.05, 4.69) is 15.9 Å². The number of hydrogen-bond acceptors (Lipinski definition) is 4. The summed E-state index contributed by atoms with van der Waals surface area (Å²) in [4.78, 5) is 1.55. The average molecular weight is 318 g/mol. The summed E-state index contributed by atoms with van der Waals surface area (Å²) in [6.45, 7) is 0.341. The van der Waals surface area contributed by atoms with Crippen LogP contribution in [0.15, 0.2) is 16.6 Å². The fraction of sp³-hybridized carbons (Fsp3) is 0.364. The maximum absolute atomic E-state index is 14.1. The van der Waals surface area contributed by atoms with Crippen LogP contribution in [0.1, 0.15) is 5.56 Å². The average Bonchev–Trinajstić information content (AvgIpc) is 2.62. The van der Waals surface area contributed by atoms with Gasteiger partial charge >= 0.3 is 0 Å². The normalized spacial score (nSPS) is 23.4. The van der Waals surface area contributed by atoms with Crippen LogP contribution in [0.4, 0.5) is 10.1 Å². The Bertz CT molecular complexity index is 487. The molecule has 1 aromatic rings. The number of nitrogens with one attached hydrogen (secondary N) is 1. The predicted molar refractivity (Wildman–Crippen MR) is 69.3 cm³/mol. The standard InChI is InChI=1S/C11H13BrFN3O2/c12-9-5(11(14)15)1-2-6(10(9)13)16-3-7(17)8(18)4-16/h1-2,7-8,17-18H,3-4H2,(H3,14,15). The fourth-order valence-electron chi connectivity index (χ4n) is 1.96. The highest BCUT2D eigenvalue weighted by Crippen LogP contribution is 2.31. The molecule has 2 rings (SSSR count).